The number of ether oxygens (including phenoxy) is 1. The molecule has 0 atom stereocenters. The molecule has 0 aliphatic heterocycles. The first kappa shape index (κ1) is 19.0. The van der Waals surface area contributed by atoms with Gasteiger partial charge < -0.3 is 15.4 Å². The Morgan fingerprint density at radius 2 is 1.64 bits per heavy atom. The molecule has 1 saturated carbocycles. The van der Waals surface area contributed by atoms with Crippen molar-refractivity contribution in [2.24, 2.45) is 11.8 Å². The maximum atomic E-state index is 12.3. The molecular formula is C20H28N2O3. The van der Waals surface area contributed by atoms with Crippen LogP contribution >= 0.6 is 0 Å². The van der Waals surface area contributed by atoms with E-state index in [2.05, 4.69) is 17.2 Å². The summed E-state index contributed by atoms with van der Waals surface area (Å²) in [6.45, 7) is 4.73. The normalized spacial score (nSPS) is 19.7. The number of carbonyl (C=O) groups is 2. The van der Waals surface area contributed by atoms with Gasteiger partial charge in [-0.25, -0.2) is 0 Å². The van der Waals surface area contributed by atoms with E-state index in [1.54, 1.807) is 13.2 Å². The van der Waals surface area contributed by atoms with Gasteiger partial charge in [-0.15, -0.1) is 6.58 Å². The Hall–Kier alpha value is -2.30. The minimum absolute atomic E-state index is 0.0271. The number of hydrogen-bond donors (Lipinski definition) is 2. The van der Waals surface area contributed by atoms with Crippen LogP contribution in [-0.4, -0.2) is 32.0 Å². The molecule has 2 amide bonds. The van der Waals surface area contributed by atoms with Gasteiger partial charge in [0.1, 0.15) is 5.75 Å². The fourth-order valence-electron chi connectivity index (χ4n) is 3.20. The van der Waals surface area contributed by atoms with Gasteiger partial charge in [-0.2, -0.15) is 0 Å². The second kappa shape index (κ2) is 9.87. The van der Waals surface area contributed by atoms with Crippen LogP contribution in [0.1, 0.15) is 31.2 Å². The molecule has 1 fully saturated rings. The van der Waals surface area contributed by atoms with E-state index >= 15 is 0 Å². The summed E-state index contributed by atoms with van der Waals surface area (Å²) >= 11 is 0. The number of methoxy groups -OCH3 is 1. The van der Waals surface area contributed by atoms with E-state index in [-0.39, 0.29) is 23.7 Å². The monoisotopic (exact) mass is 344 g/mol. The number of amides is 2. The van der Waals surface area contributed by atoms with Gasteiger partial charge in [0.25, 0.3) is 0 Å². The topological polar surface area (TPSA) is 67.4 Å². The molecule has 0 saturated heterocycles. The molecule has 2 rings (SSSR count). The van der Waals surface area contributed by atoms with Crippen LogP contribution in [0.2, 0.25) is 0 Å². The Labute approximate surface area is 149 Å². The average molecular weight is 344 g/mol. The lowest BCUT2D eigenvalue weighted by Crippen LogP contribution is -2.38. The quantitative estimate of drug-likeness (QED) is 0.712. The van der Waals surface area contributed by atoms with Crippen LogP contribution in [0.3, 0.4) is 0 Å². The first-order valence-electron chi connectivity index (χ1n) is 8.93. The zero-order valence-electron chi connectivity index (χ0n) is 14.9. The largest absolute Gasteiger partial charge is 0.497 e. The highest BCUT2D eigenvalue weighted by Gasteiger charge is 2.29. The van der Waals surface area contributed by atoms with E-state index < -0.39 is 0 Å². The van der Waals surface area contributed by atoms with E-state index in [0.29, 0.717) is 13.1 Å². The zero-order chi connectivity index (χ0) is 18.1. The molecule has 0 bridgehead atoms. The molecule has 25 heavy (non-hydrogen) atoms. The summed E-state index contributed by atoms with van der Waals surface area (Å²) < 4.78 is 5.14. The summed E-state index contributed by atoms with van der Waals surface area (Å²) in [6, 6.07) is 7.88. The Morgan fingerprint density at radius 3 is 2.16 bits per heavy atom. The molecule has 0 spiro atoms. The van der Waals surface area contributed by atoms with Crippen molar-refractivity contribution in [3.05, 3.63) is 42.5 Å². The molecule has 2 N–H and O–H groups in total. The summed E-state index contributed by atoms with van der Waals surface area (Å²) in [6.07, 6.45) is 5.59. The van der Waals surface area contributed by atoms with E-state index in [4.69, 9.17) is 4.74 Å². The van der Waals surface area contributed by atoms with Crippen molar-refractivity contribution in [3.8, 4) is 5.75 Å². The van der Waals surface area contributed by atoms with E-state index in [0.717, 1.165) is 37.9 Å². The second-order valence-corrected chi connectivity index (χ2v) is 6.47. The lowest BCUT2D eigenvalue weighted by Gasteiger charge is -2.27. The molecule has 5 nitrogen and oxygen atoms in total. The van der Waals surface area contributed by atoms with Crippen molar-refractivity contribution in [2.75, 3.05) is 20.2 Å². The van der Waals surface area contributed by atoms with Crippen LogP contribution in [0.25, 0.3) is 0 Å². The minimum Gasteiger partial charge on any atom is -0.497 e. The van der Waals surface area contributed by atoms with Gasteiger partial charge >= 0.3 is 0 Å². The van der Waals surface area contributed by atoms with Gasteiger partial charge in [-0.1, -0.05) is 18.2 Å². The van der Waals surface area contributed by atoms with Gasteiger partial charge in [-0.05, 0) is 49.8 Å². The summed E-state index contributed by atoms with van der Waals surface area (Å²) in [7, 11) is 1.65. The first-order valence-corrected chi connectivity index (χ1v) is 8.93. The molecule has 0 heterocycles. The van der Waals surface area contributed by atoms with Gasteiger partial charge in [0.15, 0.2) is 0 Å². The third kappa shape index (κ3) is 5.93. The lowest BCUT2D eigenvalue weighted by molar-refractivity contribution is -0.130. The van der Waals surface area contributed by atoms with Crippen molar-refractivity contribution in [3.63, 3.8) is 0 Å². The average Bonchev–Trinajstić information content (AvgIpc) is 2.66. The predicted molar refractivity (Wildman–Crippen MR) is 98.4 cm³/mol. The standard InChI is InChI=1S/C20H28N2O3/c1-3-13-21-19(23)16-6-8-17(9-7-16)20(24)22-14-12-15-4-10-18(25-2)11-5-15/h3-5,10-11,16-17H,1,6-9,12-14H2,2H3,(H,21,23)(H,22,24). The molecule has 136 valence electrons. The van der Waals surface area contributed by atoms with Crippen molar-refractivity contribution >= 4 is 11.8 Å². The van der Waals surface area contributed by atoms with Crippen LogP contribution in [0.15, 0.2) is 36.9 Å². The number of benzene rings is 1. The van der Waals surface area contributed by atoms with Crippen molar-refractivity contribution < 1.29 is 14.3 Å². The summed E-state index contributed by atoms with van der Waals surface area (Å²) in [5.74, 6) is 1.08. The molecule has 1 aromatic carbocycles. The number of nitrogens with one attached hydrogen (secondary N) is 2. The Morgan fingerprint density at radius 1 is 1.08 bits per heavy atom. The van der Waals surface area contributed by atoms with E-state index in [1.165, 1.54) is 5.56 Å². The van der Waals surface area contributed by atoms with Crippen LogP contribution in [0.4, 0.5) is 0 Å². The molecule has 1 aromatic rings. The van der Waals surface area contributed by atoms with Crippen LogP contribution in [0.5, 0.6) is 5.75 Å². The van der Waals surface area contributed by atoms with Gasteiger partial charge in [-0.3, -0.25) is 9.59 Å². The highest BCUT2D eigenvalue weighted by molar-refractivity contribution is 5.81. The van der Waals surface area contributed by atoms with E-state index in [9.17, 15) is 9.59 Å². The maximum Gasteiger partial charge on any atom is 0.223 e. The zero-order valence-corrected chi connectivity index (χ0v) is 14.9. The molecule has 0 radical (unpaired) electrons. The second-order valence-electron chi connectivity index (χ2n) is 6.47. The van der Waals surface area contributed by atoms with Crippen molar-refractivity contribution in [1.29, 1.82) is 0 Å². The number of hydrogen-bond acceptors (Lipinski definition) is 3. The molecule has 0 aromatic heterocycles. The van der Waals surface area contributed by atoms with Crippen LogP contribution in [-0.2, 0) is 16.0 Å². The molecule has 1 aliphatic rings. The Bertz CT molecular complexity index is 575. The highest BCUT2D eigenvalue weighted by Crippen LogP contribution is 2.29. The fourth-order valence-corrected chi connectivity index (χ4v) is 3.20. The first-order chi connectivity index (χ1) is 12.1. The minimum atomic E-state index is 0.0271. The number of rotatable bonds is 8. The molecular weight excluding hydrogens is 316 g/mol. The van der Waals surface area contributed by atoms with Gasteiger partial charge in [0.05, 0.1) is 7.11 Å². The van der Waals surface area contributed by atoms with Crippen molar-refractivity contribution in [1.82, 2.24) is 10.6 Å². The number of carbonyl (C=O) groups excluding carboxylic acids is 2. The third-order valence-corrected chi connectivity index (χ3v) is 4.76. The Balaban J connectivity index is 1.68. The van der Waals surface area contributed by atoms with Gasteiger partial charge in [0.2, 0.25) is 11.8 Å². The predicted octanol–water partition coefficient (Wildman–Crippen LogP) is 2.46. The van der Waals surface area contributed by atoms with Crippen LogP contribution < -0.4 is 15.4 Å². The molecule has 5 heteroatoms. The van der Waals surface area contributed by atoms with E-state index in [1.807, 2.05) is 24.3 Å². The SMILES string of the molecule is C=CCNC(=O)C1CCC(C(=O)NCCc2ccc(OC)cc2)CC1. The summed E-state index contributed by atoms with van der Waals surface area (Å²) in [5.41, 5.74) is 1.17. The van der Waals surface area contributed by atoms with Crippen molar-refractivity contribution in [2.45, 2.75) is 32.1 Å². The molecule has 0 unspecified atom stereocenters. The summed E-state index contributed by atoms with van der Waals surface area (Å²) in [5, 5.41) is 5.86. The smallest absolute Gasteiger partial charge is 0.223 e. The maximum absolute atomic E-state index is 12.3. The van der Waals surface area contributed by atoms with Crippen LogP contribution in [0, 0.1) is 11.8 Å². The molecule has 1 aliphatic carbocycles. The third-order valence-electron chi connectivity index (χ3n) is 4.76. The fraction of sp³-hybridized carbons (Fsp3) is 0.500. The lowest BCUT2D eigenvalue weighted by atomic mass is 9.81. The highest BCUT2D eigenvalue weighted by atomic mass is 16.5. The van der Waals surface area contributed by atoms with Gasteiger partial charge in [0, 0.05) is 24.9 Å². The Kier molecular flexibility index (Phi) is 7.51. The summed E-state index contributed by atoms with van der Waals surface area (Å²) in [4.78, 5) is 24.2.